The van der Waals surface area contributed by atoms with Gasteiger partial charge in [-0.1, -0.05) is 18.2 Å². The Hall–Kier alpha value is -2.10. The Balaban J connectivity index is 2.64. The molecule has 0 spiro atoms. The summed E-state index contributed by atoms with van der Waals surface area (Å²) in [6.45, 7) is 0. The van der Waals surface area contributed by atoms with Gasteiger partial charge in [0, 0.05) is 19.5 Å². The molecule has 0 atom stereocenters. The smallest absolute Gasteiger partial charge is 0.272 e. The summed E-state index contributed by atoms with van der Waals surface area (Å²) in [4.78, 5) is 17.6. The molecule has 0 unspecified atom stereocenters. The Bertz CT molecular complexity index is 564. The Morgan fingerprint density at radius 1 is 1.29 bits per heavy atom. The van der Waals surface area contributed by atoms with Crippen molar-refractivity contribution in [2.45, 2.75) is 0 Å². The number of aromatic nitrogens is 1. The third-order valence-electron chi connectivity index (χ3n) is 2.52. The lowest BCUT2D eigenvalue weighted by Crippen LogP contribution is -2.22. The Morgan fingerprint density at radius 2 is 2.00 bits per heavy atom. The van der Waals surface area contributed by atoms with Crippen LogP contribution in [0.15, 0.2) is 30.3 Å². The fourth-order valence-corrected chi connectivity index (χ4v) is 1.66. The molecule has 0 aliphatic rings. The monoisotopic (exact) mass is 230 g/mol. The van der Waals surface area contributed by atoms with Gasteiger partial charge in [-0.15, -0.1) is 0 Å². The van der Waals surface area contributed by atoms with E-state index in [1.165, 1.54) is 4.90 Å². The molecule has 0 radical (unpaired) electrons. The van der Waals surface area contributed by atoms with Gasteiger partial charge in [0.2, 0.25) is 5.88 Å². The van der Waals surface area contributed by atoms with Gasteiger partial charge in [0.1, 0.15) is 5.69 Å². The average Bonchev–Trinajstić information content (AvgIpc) is 2.36. The molecule has 0 saturated carbocycles. The summed E-state index contributed by atoms with van der Waals surface area (Å²) < 4.78 is 5.22. The number of benzene rings is 1. The summed E-state index contributed by atoms with van der Waals surface area (Å²) in [5.41, 5.74) is 0.394. The van der Waals surface area contributed by atoms with Crippen LogP contribution in [0.3, 0.4) is 0 Å². The normalized spacial score (nSPS) is 10.3. The van der Waals surface area contributed by atoms with Crippen LogP contribution in [0.2, 0.25) is 0 Å². The number of nitrogens with zero attached hydrogens (tertiary/aromatic N) is 2. The highest BCUT2D eigenvalue weighted by molar-refractivity contribution is 5.97. The SMILES string of the molecule is COc1nc(C(=O)N(C)C)cc2ccccc12. The highest BCUT2D eigenvalue weighted by Crippen LogP contribution is 2.24. The van der Waals surface area contributed by atoms with Crippen LogP contribution in [0, 0.1) is 0 Å². The molecule has 0 saturated heterocycles. The van der Waals surface area contributed by atoms with Crippen LogP contribution in [-0.2, 0) is 0 Å². The van der Waals surface area contributed by atoms with Crippen LogP contribution in [0.5, 0.6) is 5.88 Å². The molecule has 0 aliphatic carbocycles. The second-order valence-electron chi connectivity index (χ2n) is 3.94. The predicted octanol–water partition coefficient (Wildman–Crippen LogP) is 1.95. The number of hydrogen-bond acceptors (Lipinski definition) is 3. The Morgan fingerprint density at radius 3 is 2.65 bits per heavy atom. The molecule has 1 aromatic carbocycles. The van der Waals surface area contributed by atoms with Crippen LogP contribution in [-0.4, -0.2) is 37.0 Å². The largest absolute Gasteiger partial charge is 0.481 e. The maximum Gasteiger partial charge on any atom is 0.272 e. The summed E-state index contributed by atoms with van der Waals surface area (Å²) in [7, 11) is 4.95. The zero-order valence-corrected chi connectivity index (χ0v) is 10.1. The van der Waals surface area contributed by atoms with Gasteiger partial charge in [-0.3, -0.25) is 4.79 Å². The zero-order valence-electron chi connectivity index (χ0n) is 10.1. The summed E-state index contributed by atoms with van der Waals surface area (Å²) in [6, 6.07) is 9.48. The van der Waals surface area contributed by atoms with Crippen molar-refractivity contribution in [2.24, 2.45) is 0 Å². The fourth-order valence-electron chi connectivity index (χ4n) is 1.66. The van der Waals surface area contributed by atoms with E-state index in [0.717, 1.165) is 10.8 Å². The molecule has 1 amide bonds. The molecule has 0 N–H and O–H groups in total. The fraction of sp³-hybridized carbons (Fsp3) is 0.231. The molecule has 4 nitrogen and oxygen atoms in total. The molecule has 1 aromatic heterocycles. The van der Waals surface area contributed by atoms with E-state index in [1.807, 2.05) is 24.3 Å². The molecule has 0 bridgehead atoms. The summed E-state index contributed by atoms with van der Waals surface area (Å²) in [5.74, 6) is 0.349. The van der Waals surface area contributed by atoms with E-state index in [4.69, 9.17) is 4.74 Å². The molecule has 17 heavy (non-hydrogen) atoms. The van der Waals surface area contributed by atoms with Crippen molar-refractivity contribution in [3.63, 3.8) is 0 Å². The molecule has 2 rings (SSSR count). The van der Waals surface area contributed by atoms with E-state index in [0.29, 0.717) is 11.6 Å². The van der Waals surface area contributed by atoms with E-state index in [-0.39, 0.29) is 5.91 Å². The third kappa shape index (κ3) is 2.06. The molecule has 4 heteroatoms. The zero-order chi connectivity index (χ0) is 12.4. The number of fused-ring (bicyclic) bond motifs is 1. The van der Waals surface area contributed by atoms with Crippen molar-refractivity contribution >= 4 is 16.7 Å². The summed E-state index contributed by atoms with van der Waals surface area (Å²) in [6.07, 6.45) is 0. The molecular formula is C13H14N2O2. The van der Waals surface area contributed by atoms with E-state index in [9.17, 15) is 4.79 Å². The van der Waals surface area contributed by atoms with Crippen LogP contribution in [0.25, 0.3) is 10.8 Å². The van der Waals surface area contributed by atoms with E-state index >= 15 is 0 Å². The van der Waals surface area contributed by atoms with Crippen LogP contribution < -0.4 is 4.74 Å². The Kier molecular flexibility index (Phi) is 2.95. The first-order valence-electron chi connectivity index (χ1n) is 5.29. The minimum Gasteiger partial charge on any atom is -0.481 e. The van der Waals surface area contributed by atoms with Crippen LogP contribution >= 0.6 is 0 Å². The summed E-state index contributed by atoms with van der Waals surface area (Å²) >= 11 is 0. The van der Waals surface area contributed by atoms with Gasteiger partial charge in [0.15, 0.2) is 0 Å². The van der Waals surface area contributed by atoms with E-state index in [2.05, 4.69) is 4.98 Å². The van der Waals surface area contributed by atoms with Gasteiger partial charge >= 0.3 is 0 Å². The van der Waals surface area contributed by atoms with Crippen molar-refractivity contribution < 1.29 is 9.53 Å². The van der Waals surface area contributed by atoms with Crippen molar-refractivity contribution in [3.8, 4) is 5.88 Å². The number of pyridine rings is 1. The first kappa shape index (κ1) is 11.4. The van der Waals surface area contributed by atoms with Crippen LogP contribution in [0.4, 0.5) is 0 Å². The van der Waals surface area contributed by atoms with Gasteiger partial charge in [-0.2, -0.15) is 0 Å². The topological polar surface area (TPSA) is 42.4 Å². The van der Waals surface area contributed by atoms with Gasteiger partial charge in [0.05, 0.1) is 7.11 Å². The van der Waals surface area contributed by atoms with E-state index < -0.39 is 0 Å². The highest BCUT2D eigenvalue weighted by atomic mass is 16.5. The van der Waals surface area contributed by atoms with E-state index in [1.54, 1.807) is 27.3 Å². The number of carbonyl (C=O) groups is 1. The Labute approximate surface area is 99.8 Å². The van der Waals surface area contributed by atoms with Crippen molar-refractivity contribution in [3.05, 3.63) is 36.0 Å². The summed E-state index contributed by atoms with van der Waals surface area (Å²) in [5, 5.41) is 1.86. The number of rotatable bonds is 2. The molecule has 0 fully saturated rings. The molecule has 0 aliphatic heterocycles. The lowest BCUT2D eigenvalue weighted by atomic mass is 10.1. The lowest BCUT2D eigenvalue weighted by molar-refractivity contribution is 0.0821. The average molecular weight is 230 g/mol. The highest BCUT2D eigenvalue weighted by Gasteiger charge is 2.13. The van der Waals surface area contributed by atoms with Gasteiger partial charge in [-0.05, 0) is 17.5 Å². The lowest BCUT2D eigenvalue weighted by Gasteiger charge is -2.11. The predicted molar refractivity (Wildman–Crippen MR) is 66.3 cm³/mol. The molecular weight excluding hydrogens is 216 g/mol. The van der Waals surface area contributed by atoms with Crippen molar-refractivity contribution in [2.75, 3.05) is 21.2 Å². The second kappa shape index (κ2) is 4.41. The standard InChI is InChI=1S/C13H14N2O2/c1-15(2)13(16)11-8-9-6-4-5-7-10(9)12(14-11)17-3/h4-8H,1-3H3. The number of carbonyl (C=O) groups excluding carboxylic acids is 1. The third-order valence-corrected chi connectivity index (χ3v) is 2.52. The van der Waals surface area contributed by atoms with Gasteiger partial charge < -0.3 is 9.64 Å². The van der Waals surface area contributed by atoms with Gasteiger partial charge in [0.25, 0.3) is 5.91 Å². The minimum absolute atomic E-state index is 0.131. The van der Waals surface area contributed by atoms with Crippen LogP contribution in [0.1, 0.15) is 10.5 Å². The molecule has 88 valence electrons. The molecule has 1 heterocycles. The first-order valence-corrected chi connectivity index (χ1v) is 5.29. The minimum atomic E-state index is -0.131. The first-order chi connectivity index (χ1) is 8.13. The maximum atomic E-state index is 11.9. The number of amides is 1. The number of methoxy groups -OCH3 is 1. The second-order valence-corrected chi connectivity index (χ2v) is 3.94. The van der Waals surface area contributed by atoms with Crippen molar-refractivity contribution in [1.82, 2.24) is 9.88 Å². The number of ether oxygens (including phenoxy) is 1. The quantitative estimate of drug-likeness (QED) is 0.791. The van der Waals surface area contributed by atoms with Gasteiger partial charge in [-0.25, -0.2) is 4.98 Å². The number of hydrogen-bond donors (Lipinski definition) is 0. The molecule has 2 aromatic rings. The van der Waals surface area contributed by atoms with Crippen molar-refractivity contribution in [1.29, 1.82) is 0 Å². The maximum absolute atomic E-state index is 11.9.